The zero-order chi connectivity index (χ0) is 35.4. The third-order valence-electron chi connectivity index (χ3n) is 7.22. The molecule has 0 fully saturated rings. The SMILES string of the molecule is CC/C=C\C/C=C\C/C=C\C/C=C\C/C=C\CC(=O)OC(COC(=O)CCCCCCC/C=C\CCCCCCC)COP(=O)(O)OC. The van der Waals surface area contributed by atoms with Crippen LogP contribution in [0.1, 0.15) is 136 Å². The van der Waals surface area contributed by atoms with Crippen LogP contribution in [0.15, 0.2) is 72.9 Å². The summed E-state index contributed by atoms with van der Waals surface area (Å²) in [6, 6.07) is 0. The Morgan fingerprint density at radius 2 is 1.12 bits per heavy atom. The molecule has 0 amide bonds. The second-order valence-corrected chi connectivity index (χ2v) is 13.2. The second-order valence-electron chi connectivity index (χ2n) is 11.6. The Bertz CT molecular complexity index is 1010. The molecular weight excluding hydrogens is 627 g/mol. The quantitative estimate of drug-likeness (QED) is 0.0321. The number of allylic oxidation sites excluding steroid dienone is 11. The van der Waals surface area contributed by atoms with Crippen LogP contribution in [-0.2, 0) is 32.7 Å². The van der Waals surface area contributed by atoms with Crippen molar-refractivity contribution in [1.82, 2.24) is 0 Å². The van der Waals surface area contributed by atoms with Gasteiger partial charge in [-0.05, 0) is 64.2 Å². The van der Waals surface area contributed by atoms with Crippen LogP contribution in [0, 0.1) is 0 Å². The lowest BCUT2D eigenvalue weighted by Crippen LogP contribution is -2.29. The summed E-state index contributed by atoms with van der Waals surface area (Å²) in [5, 5.41) is 0. The van der Waals surface area contributed by atoms with Gasteiger partial charge in [-0.2, -0.15) is 0 Å². The fraction of sp³-hybridized carbons (Fsp3) is 0.641. The van der Waals surface area contributed by atoms with Crippen molar-refractivity contribution in [2.24, 2.45) is 0 Å². The minimum Gasteiger partial charge on any atom is -0.462 e. The van der Waals surface area contributed by atoms with Crippen LogP contribution >= 0.6 is 7.82 Å². The highest BCUT2D eigenvalue weighted by molar-refractivity contribution is 7.47. The van der Waals surface area contributed by atoms with E-state index in [0.717, 1.165) is 64.9 Å². The van der Waals surface area contributed by atoms with Crippen molar-refractivity contribution >= 4 is 19.8 Å². The van der Waals surface area contributed by atoms with Crippen molar-refractivity contribution in [2.75, 3.05) is 20.3 Å². The maximum absolute atomic E-state index is 12.4. The molecule has 0 saturated heterocycles. The van der Waals surface area contributed by atoms with Gasteiger partial charge in [0.25, 0.3) is 0 Å². The molecule has 1 N–H and O–H groups in total. The highest BCUT2D eigenvalue weighted by atomic mass is 31.2. The largest absolute Gasteiger partial charge is 0.472 e. The molecule has 9 heteroatoms. The smallest absolute Gasteiger partial charge is 0.462 e. The van der Waals surface area contributed by atoms with E-state index in [-0.39, 0.29) is 19.4 Å². The third-order valence-corrected chi connectivity index (χ3v) is 8.15. The van der Waals surface area contributed by atoms with E-state index < -0.39 is 32.5 Å². The van der Waals surface area contributed by atoms with Crippen LogP contribution in [0.2, 0.25) is 0 Å². The first-order valence-electron chi connectivity index (χ1n) is 18.1. The summed E-state index contributed by atoms with van der Waals surface area (Å²) in [5.74, 6) is -0.970. The number of unbranched alkanes of at least 4 members (excludes halogenated alkanes) is 10. The maximum Gasteiger partial charge on any atom is 0.472 e. The van der Waals surface area contributed by atoms with E-state index >= 15 is 0 Å². The minimum atomic E-state index is -4.28. The van der Waals surface area contributed by atoms with Crippen molar-refractivity contribution in [1.29, 1.82) is 0 Å². The highest BCUT2D eigenvalue weighted by Gasteiger charge is 2.24. The molecule has 0 aromatic heterocycles. The number of phosphoric ester groups is 1. The number of hydrogen-bond donors (Lipinski definition) is 1. The Balaban J connectivity index is 4.26. The van der Waals surface area contributed by atoms with Crippen molar-refractivity contribution in [3.05, 3.63) is 72.9 Å². The number of rotatable bonds is 32. The lowest BCUT2D eigenvalue weighted by Gasteiger charge is -2.19. The van der Waals surface area contributed by atoms with Gasteiger partial charge in [-0.1, -0.05) is 132 Å². The normalized spacial score (nSPS) is 14.3. The van der Waals surface area contributed by atoms with E-state index in [1.165, 1.54) is 38.5 Å². The molecule has 0 saturated carbocycles. The molecule has 0 rings (SSSR count). The minimum absolute atomic E-state index is 0.00781. The number of hydrogen-bond acceptors (Lipinski definition) is 7. The van der Waals surface area contributed by atoms with Gasteiger partial charge in [0.15, 0.2) is 6.10 Å². The van der Waals surface area contributed by atoms with E-state index in [2.05, 4.69) is 73.1 Å². The van der Waals surface area contributed by atoms with Crippen molar-refractivity contribution in [2.45, 2.75) is 142 Å². The van der Waals surface area contributed by atoms with Gasteiger partial charge >= 0.3 is 19.8 Å². The third kappa shape index (κ3) is 33.4. The van der Waals surface area contributed by atoms with Crippen LogP contribution in [0.25, 0.3) is 0 Å². The van der Waals surface area contributed by atoms with Gasteiger partial charge in [0.05, 0.1) is 13.0 Å². The second kappa shape index (κ2) is 34.4. The first kappa shape index (κ1) is 45.5. The predicted octanol–water partition coefficient (Wildman–Crippen LogP) is 11.0. The Morgan fingerprint density at radius 3 is 1.67 bits per heavy atom. The van der Waals surface area contributed by atoms with Gasteiger partial charge in [-0.15, -0.1) is 0 Å². The highest BCUT2D eigenvalue weighted by Crippen LogP contribution is 2.42. The topological polar surface area (TPSA) is 108 Å². The number of phosphoric acid groups is 1. The fourth-order valence-electron chi connectivity index (χ4n) is 4.43. The van der Waals surface area contributed by atoms with Crippen LogP contribution in [-0.4, -0.2) is 43.3 Å². The molecule has 2 unspecified atom stereocenters. The summed E-state index contributed by atoms with van der Waals surface area (Å²) in [6.45, 7) is 3.64. The fourth-order valence-corrected chi connectivity index (χ4v) is 4.89. The van der Waals surface area contributed by atoms with Gasteiger partial charge in [0, 0.05) is 13.5 Å². The van der Waals surface area contributed by atoms with Gasteiger partial charge in [-0.3, -0.25) is 18.6 Å². The van der Waals surface area contributed by atoms with Crippen LogP contribution in [0.4, 0.5) is 0 Å². The monoisotopic (exact) mass is 692 g/mol. The van der Waals surface area contributed by atoms with Crippen LogP contribution < -0.4 is 0 Å². The molecule has 0 aliphatic heterocycles. The van der Waals surface area contributed by atoms with Gasteiger partial charge in [0.2, 0.25) is 0 Å². The molecule has 274 valence electrons. The molecule has 2 atom stereocenters. The van der Waals surface area contributed by atoms with Gasteiger partial charge < -0.3 is 14.4 Å². The Morgan fingerprint density at radius 1 is 0.625 bits per heavy atom. The van der Waals surface area contributed by atoms with E-state index in [4.69, 9.17) is 14.0 Å². The van der Waals surface area contributed by atoms with Crippen LogP contribution in [0.5, 0.6) is 0 Å². The van der Waals surface area contributed by atoms with Crippen molar-refractivity contribution in [3.8, 4) is 0 Å². The van der Waals surface area contributed by atoms with Gasteiger partial charge in [0.1, 0.15) is 6.61 Å². The molecule has 0 aromatic carbocycles. The first-order valence-corrected chi connectivity index (χ1v) is 19.6. The molecule has 0 aliphatic carbocycles. The lowest BCUT2D eigenvalue weighted by molar-refractivity contribution is -0.160. The molecule has 0 spiro atoms. The summed E-state index contributed by atoms with van der Waals surface area (Å²) in [7, 11) is -3.25. The van der Waals surface area contributed by atoms with E-state index in [1.54, 1.807) is 6.08 Å². The zero-order valence-electron chi connectivity index (χ0n) is 30.1. The Labute approximate surface area is 292 Å². The standard InChI is InChI=1S/C39H65O8P/c1-4-6-8-10-12-14-16-18-20-22-24-26-28-30-32-34-39(41)47-37(36-46-48(42,43)44-3)35-45-38(40)33-31-29-27-25-23-21-19-17-15-13-11-9-7-5-2/h6,8,12,14,17-20,24,26,30,32,37H,4-5,7,9-11,13,15-16,21-23,25,27-29,31,33-36H2,1-3H3,(H,42,43)/b8-6-,14-12-,19-17-,20-18-,26-24-,32-30-. The maximum atomic E-state index is 12.4. The molecule has 0 aliphatic rings. The first-order chi connectivity index (χ1) is 23.3. The van der Waals surface area contributed by atoms with Crippen molar-refractivity contribution < 1.29 is 37.6 Å². The van der Waals surface area contributed by atoms with Gasteiger partial charge in [-0.25, -0.2) is 4.57 Å². The van der Waals surface area contributed by atoms with E-state index in [0.29, 0.717) is 12.8 Å². The predicted molar refractivity (Wildman–Crippen MR) is 198 cm³/mol. The van der Waals surface area contributed by atoms with E-state index in [1.807, 2.05) is 12.2 Å². The number of carbonyl (C=O) groups excluding carboxylic acids is 2. The molecule has 0 heterocycles. The summed E-state index contributed by atoms with van der Waals surface area (Å²) in [6.07, 6.45) is 42.7. The molecule has 0 bridgehead atoms. The average molecular weight is 693 g/mol. The molecule has 8 nitrogen and oxygen atoms in total. The Kier molecular flexibility index (Phi) is 32.6. The summed E-state index contributed by atoms with van der Waals surface area (Å²) in [5.41, 5.74) is 0. The van der Waals surface area contributed by atoms with E-state index in [9.17, 15) is 19.0 Å². The zero-order valence-corrected chi connectivity index (χ0v) is 31.0. The lowest BCUT2D eigenvalue weighted by atomic mass is 10.1. The number of esters is 2. The molecular formula is C39H65O8P. The number of ether oxygens (including phenoxy) is 2. The average Bonchev–Trinajstić information content (AvgIpc) is 3.07. The Hall–Kier alpha value is -2.51. The number of carbonyl (C=O) groups is 2. The summed E-state index contributed by atoms with van der Waals surface area (Å²) in [4.78, 5) is 34.2. The van der Waals surface area contributed by atoms with Crippen molar-refractivity contribution in [3.63, 3.8) is 0 Å². The molecule has 0 radical (unpaired) electrons. The van der Waals surface area contributed by atoms with Crippen LogP contribution in [0.3, 0.4) is 0 Å². The summed E-state index contributed by atoms with van der Waals surface area (Å²) >= 11 is 0. The molecule has 0 aromatic rings. The molecule has 48 heavy (non-hydrogen) atoms. The summed E-state index contributed by atoms with van der Waals surface area (Å²) < 4.78 is 31.7.